The molecule has 0 aliphatic rings. The van der Waals surface area contributed by atoms with Crippen LogP contribution in [0.5, 0.6) is 0 Å². The molecule has 1 unspecified atom stereocenters. The topological polar surface area (TPSA) is 147 Å². The summed E-state index contributed by atoms with van der Waals surface area (Å²) in [7, 11) is -9.12. The molecule has 2 rings (SSSR count). The van der Waals surface area contributed by atoms with E-state index in [9.17, 15) is 34.8 Å². The lowest BCUT2D eigenvalue weighted by atomic mass is 10.2. The van der Waals surface area contributed by atoms with Gasteiger partial charge in [0.25, 0.3) is 9.84 Å². The van der Waals surface area contributed by atoms with Crippen LogP contribution < -0.4 is 10.5 Å². The number of primary sulfonamides is 1. The average molecular weight is 542 g/mol. The van der Waals surface area contributed by atoms with Gasteiger partial charge in [-0.25, -0.2) is 26.8 Å². The number of hydrogen-bond donors (Lipinski definition) is 3. The van der Waals surface area contributed by atoms with Gasteiger partial charge in [-0.15, -0.1) is 11.8 Å². The van der Waals surface area contributed by atoms with Crippen LogP contribution in [0.25, 0.3) is 0 Å². The highest BCUT2D eigenvalue weighted by atomic mass is 32.2. The van der Waals surface area contributed by atoms with Gasteiger partial charge in [0.05, 0.1) is 10.6 Å². The van der Waals surface area contributed by atoms with Gasteiger partial charge < -0.3 is 15.3 Å². The SMILES string of the molecule is CN(CCC(CSc1ccccc1)Nc1ccc(S(N)(=O)=O)cc1S(=O)(=O)C(F)(F)F)C(=O)O. The number of thioether (sulfide) groups is 1. The van der Waals surface area contributed by atoms with Gasteiger partial charge in [-0.05, 0) is 36.8 Å². The lowest BCUT2D eigenvalue weighted by Crippen LogP contribution is -2.33. The molecule has 0 radical (unpaired) electrons. The van der Waals surface area contributed by atoms with Crippen molar-refractivity contribution in [2.24, 2.45) is 5.14 Å². The smallest absolute Gasteiger partial charge is 0.465 e. The average Bonchev–Trinajstić information content (AvgIpc) is 2.74. The highest BCUT2D eigenvalue weighted by molar-refractivity contribution is 7.99. The highest BCUT2D eigenvalue weighted by Crippen LogP contribution is 2.36. The van der Waals surface area contributed by atoms with Crippen molar-refractivity contribution >= 4 is 43.4 Å². The monoisotopic (exact) mass is 541 g/mol. The molecular formula is C19H22F3N3O6S3. The van der Waals surface area contributed by atoms with E-state index in [1.165, 1.54) is 18.8 Å². The Labute approximate surface area is 199 Å². The minimum absolute atomic E-state index is 0.00103. The lowest BCUT2D eigenvalue weighted by molar-refractivity contribution is -0.0435. The molecule has 9 nitrogen and oxygen atoms in total. The minimum Gasteiger partial charge on any atom is -0.465 e. The van der Waals surface area contributed by atoms with Gasteiger partial charge in [0.2, 0.25) is 10.0 Å². The first-order chi connectivity index (χ1) is 15.6. The van der Waals surface area contributed by atoms with Crippen molar-refractivity contribution in [2.45, 2.75) is 32.7 Å². The fourth-order valence-corrected chi connectivity index (χ4v) is 5.28. The van der Waals surface area contributed by atoms with E-state index in [1.54, 1.807) is 30.3 Å². The summed E-state index contributed by atoms with van der Waals surface area (Å²) in [5, 5.41) is 16.7. The van der Waals surface area contributed by atoms with Crippen LogP contribution >= 0.6 is 11.8 Å². The molecule has 34 heavy (non-hydrogen) atoms. The molecule has 4 N–H and O–H groups in total. The second kappa shape index (κ2) is 10.8. The predicted octanol–water partition coefficient (Wildman–Crippen LogP) is 3.20. The number of amides is 1. The second-order valence-electron chi connectivity index (χ2n) is 7.11. The van der Waals surface area contributed by atoms with Gasteiger partial charge in [-0.1, -0.05) is 18.2 Å². The van der Waals surface area contributed by atoms with Crippen molar-refractivity contribution in [1.29, 1.82) is 0 Å². The van der Waals surface area contributed by atoms with Crippen molar-refractivity contribution in [3.63, 3.8) is 0 Å². The van der Waals surface area contributed by atoms with E-state index in [-0.39, 0.29) is 18.7 Å². The third kappa shape index (κ3) is 7.25. The van der Waals surface area contributed by atoms with E-state index in [0.717, 1.165) is 21.9 Å². The van der Waals surface area contributed by atoms with Crippen molar-refractivity contribution in [3.05, 3.63) is 48.5 Å². The van der Waals surface area contributed by atoms with Gasteiger partial charge in [0.1, 0.15) is 4.90 Å². The van der Waals surface area contributed by atoms with Gasteiger partial charge in [-0.3, -0.25) is 0 Å². The number of halogens is 3. The van der Waals surface area contributed by atoms with E-state index < -0.39 is 53.0 Å². The van der Waals surface area contributed by atoms with Gasteiger partial charge in [-0.2, -0.15) is 13.2 Å². The molecule has 2 aromatic carbocycles. The van der Waals surface area contributed by atoms with Crippen molar-refractivity contribution in [3.8, 4) is 0 Å². The maximum absolute atomic E-state index is 13.3. The zero-order valence-corrected chi connectivity index (χ0v) is 20.1. The Morgan fingerprint density at radius 1 is 1.15 bits per heavy atom. The minimum atomic E-state index is -5.94. The summed E-state index contributed by atoms with van der Waals surface area (Å²) in [6.07, 6.45) is -1.10. The lowest BCUT2D eigenvalue weighted by Gasteiger charge is -2.24. The Kier molecular flexibility index (Phi) is 8.85. The number of anilines is 1. The fraction of sp³-hybridized carbons (Fsp3) is 0.316. The molecule has 0 saturated carbocycles. The van der Waals surface area contributed by atoms with Gasteiger partial charge in [0, 0.05) is 30.3 Å². The number of carbonyl (C=O) groups is 1. The normalized spacial score (nSPS) is 13.3. The predicted molar refractivity (Wildman–Crippen MR) is 121 cm³/mol. The first kappa shape index (κ1) is 27.8. The first-order valence-corrected chi connectivity index (χ1v) is 13.5. The molecule has 15 heteroatoms. The van der Waals surface area contributed by atoms with Crippen LogP contribution in [-0.4, -0.2) is 63.8 Å². The summed E-state index contributed by atoms with van der Waals surface area (Å²) in [6.45, 7) is -0.00103. The number of hydrogen-bond acceptors (Lipinski definition) is 7. The molecular weight excluding hydrogens is 519 g/mol. The number of rotatable bonds is 10. The molecule has 0 saturated heterocycles. The molecule has 0 aromatic heterocycles. The highest BCUT2D eigenvalue weighted by Gasteiger charge is 2.48. The fourth-order valence-electron chi connectivity index (χ4n) is 2.72. The second-order valence-corrected chi connectivity index (χ2v) is 11.7. The number of alkyl halides is 3. The summed E-state index contributed by atoms with van der Waals surface area (Å²) < 4.78 is 87.5. The summed E-state index contributed by atoms with van der Waals surface area (Å²) in [5.74, 6) is 0.236. The molecule has 0 aliphatic carbocycles. The Bertz CT molecular complexity index is 1220. The van der Waals surface area contributed by atoms with Crippen LogP contribution in [0, 0.1) is 0 Å². The van der Waals surface area contributed by atoms with Crippen LogP contribution in [-0.2, 0) is 19.9 Å². The zero-order chi connectivity index (χ0) is 25.7. The quantitative estimate of drug-likeness (QED) is 0.389. The Morgan fingerprint density at radius 2 is 1.76 bits per heavy atom. The number of nitrogens with one attached hydrogen (secondary N) is 1. The van der Waals surface area contributed by atoms with Crippen molar-refractivity contribution < 1.29 is 39.9 Å². The molecule has 0 aliphatic heterocycles. The molecule has 1 atom stereocenters. The maximum Gasteiger partial charge on any atom is 0.501 e. The summed E-state index contributed by atoms with van der Waals surface area (Å²) in [6, 6.07) is 10.4. The van der Waals surface area contributed by atoms with Crippen LogP contribution in [0.1, 0.15) is 6.42 Å². The van der Waals surface area contributed by atoms with Crippen LogP contribution in [0.15, 0.2) is 63.2 Å². The Hall–Kier alpha value is -2.49. The number of nitrogens with two attached hydrogens (primary N) is 1. The number of sulfonamides is 1. The third-order valence-corrected chi connectivity index (χ3v) is 8.18. The maximum atomic E-state index is 13.3. The van der Waals surface area contributed by atoms with Crippen LogP contribution in [0.3, 0.4) is 0 Å². The molecule has 0 fully saturated rings. The van der Waals surface area contributed by atoms with Crippen molar-refractivity contribution in [2.75, 3.05) is 24.7 Å². The van der Waals surface area contributed by atoms with Gasteiger partial charge in [0.15, 0.2) is 0 Å². The van der Waals surface area contributed by atoms with E-state index >= 15 is 0 Å². The third-order valence-electron chi connectivity index (χ3n) is 4.57. The van der Waals surface area contributed by atoms with Gasteiger partial charge >= 0.3 is 11.6 Å². The van der Waals surface area contributed by atoms with Crippen LogP contribution in [0.2, 0.25) is 0 Å². The Morgan fingerprint density at radius 3 is 2.29 bits per heavy atom. The van der Waals surface area contributed by atoms with E-state index in [2.05, 4.69) is 5.32 Å². The van der Waals surface area contributed by atoms with E-state index in [4.69, 9.17) is 10.2 Å². The largest absolute Gasteiger partial charge is 0.501 e. The standard InChI is InChI=1S/C19H22F3N3O6S3/c1-25(18(26)27)10-9-13(12-32-14-5-3-2-4-6-14)24-16-8-7-15(34(23,30)31)11-17(16)33(28,29)19(20,21)22/h2-8,11,13,24H,9-10,12H2,1H3,(H,26,27)(H2,23,30,31). The number of nitrogens with zero attached hydrogens (tertiary/aromatic N) is 1. The number of carboxylic acid groups (broad SMARTS) is 1. The zero-order valence-electron chi connectivity index (χ0n) is 17.7. The summed E-state index contributed by atoms with van der Waals surface area (Å²) in [4.78, 5) is 10.8. The van der Waals surface area contributed by atoms with E-state index in [1.807, 2.05) is 0 Å². The molecule has 0 spiro atoms. The summed E-state index contributed by atoms with van der Waals surface area (Å²) in [5.41, 5.74) is -6.18. The van der Waals surface area contributed by atoms with Crippen LogP contribution in [0.4, 0.5) is 23.7 Å². The molecule has 0 bridgehead atoms. The van der Waals surface area contributed by atoms with Crippen molar-refractivity contribution in [1.82, 2.24) is 4.90 Å². The molecule has 188 valence electrons. The Balaban J connectivity index is 2.45. The molecule has 0 heterocycles. The number of benzene rings is 2. The number of sulfone groups is 1. The molecule has 2 aromatic rings. The molecule has 1 amide bonds. The van der Waals surface area contributed by atoms with E-state index in [0.29, 0.717) is 6.07 Å². The summed E-state index contributed by atoms with van der Waals surface area (Å²) >= 11 is 1.32. The first-order valence-electron chi connectivity index (χ1n) is 9.49.